The Morgan fingerprint density at radius 2 is 2.02 bits per heavy atom. The Balaban J connectivity index is 1.58. The molecule has 2 unspecified atom stereocenters. The van der Waals surface area contributed by atoms with Crippen LogP contribution in [0.25, 0.3) is 10.9 Å². The van der Waals surface area contributed by atoms with Gasteiger partial charge in [-0.3, -0.25) is 9.98 Å². The molecule has 8 nitrogen and oxygen atoms in total. The summed E-state index contributed by atoms with van der Waals surface area (Å²) >= 11 is 12.7. The number of nitrogens with zero attached hydrogens (tertiary/aromatic N) is 4. The van der Waals surface area contributed by atoms with Gasteiger partial charge in [0.25, 0.3) is 0 Å². The van der Waals surface area contributed by atoms with E-state index in [9.17, 15) is 9.65 Å². The highest BCUT2D eigenvalue weighted by Gasteiger charge is 2.33. The van der Waals surface area contributed by atoms with Crippen LogP contribution in [0.15, 0.2) is 77.3 Å². The number of anilines is 3. The summed E-state index contributed by atoms with van der Waals surface area (Å²) in [6.07, 6.45) is 11.3. The number of hydrogen-bond donors (Lipinski definition) is 4. The van der Waals surface area contributed by atoms with Gasteiger partial charge in [-0.1, -0.05) is 29.3 Å². The van der Waals surface area contributed by atoms with Crippen molar-refractivity contribution in [3.63, 3.8) is 0 Å². The second-order valence-electron chi connectivity index (χ2n) is 9.84. The Morgan fingerprint density at radius 1 is 1.23 bits per heavy atom. The standard InChI is InChI=1S/C29H27Cl2FN8/c1-16(2)36-13-25(34)29(20-4-3-7-40-15-35-14-26(20)40)39-19-8-21-27(38-18-5-6-24(32)22(30)9-18)17(11-33)12-37-28(21)23(31)10-19/h3-10,12-13,15-16,26,29,36,39H,14,34H2,1-2H3,(H,37,38)/p+1. The third-order valence-electron chi connectivity index (χ3n) is 6.64. The first-order valence-electron chi connectivity index (χ1n) is 12.7. The monoisotopic (exact) mass is 577 g/mol. The average molecular weight is 579 g/mol. The number of nitriles is 1. The molecule has 0 amide bonds. The summed E-state index contributed by atoms with van der Waals surface area (Å²) in [4.78, 5) is 11.0. The van der Waals surface area contributed by atoms with Gasteiger partial charge in [0.2, 0.25) is 0 Å². The molecule has 0 saturated carbocycles. The molecule has 3 heterocycles. The first-order valence-corrected chi connectivity index (χ1v) is 13.5. The minimum atomic E-state index is -0.532. The summed E-state index contributed by atoms with van der Waals surface area (Å²) < 4.78 is 13.8. The van der Waals surface area contributed by atoms with Crippen molar-refractivity contribution < 1.29 is 10.1 Å². The number of hydrogen-bond acceptors (Lipinski definition) is 7. The molecule has 204 valence electrons. The van der Waals surface area contributed by atoms with E-state index in [1.165, 1.54) is 18.3 Å². The van der Waals surface area contributed by atoms with Crippen molar-refractivity contribution in [1.82, 2.24) is 15.2 Å². The van der Waals surface area contributed by atoms with E-state index in [0.717, 1.165) is 11.3 Å². The SMILES string of the molecule is CC(C)NC=C([NH3+])C(Nc1cc(Cl)c2ncc(C#N)c(Nc3ccc(F)c(Cl)c3)c2c1)C1=CC=CN2C=NCC12. The van der Waals surface area contributed by atoms with Crippen molar-refractivity contribution in [2.24, 2.45) is 4.99 Å². The molecule has 1 aromatic heterocycles. The van der Waals surface area contributed by atoms with Crippen molar-refractivity contribution in [1.29, 1.82) is 5.26 Å². The third-order valence-corrected chi connectivity index (χ3v) is 7.21. The number of pyridine rings is 1. The van der Waals surface area contributed by atoms with Crippen LogP contribution in [-0.4, -0.2) is 40.9 Å². The average Bonchev–Trinajstić information content (AvgIpc) is 3.42. The van der Waals surface area contributed by atoms with E-state index in [2.05, 4.69) is 62.6 Å². The van der Waals surface area contributed by atoms with E-state index >= 15 is 0 Å². The number of benzene rings is 2. The Kier molecular flexibility index (Phi) is 7.94. The second-order valence-corrected chi connectivity index (χ2v) is 10.7. The Hall–Kier alpha value is -4.10. The molecule has 0 radical (unpaired) electrons. The third kappa shape index (κ3) is 5.61. The van der Waals surface area contributed by atoms with Crippen LogP contribution >= 0.6 is 23.2 Å². The van der Waals surface area contributed by atoms with Gasteiger partial charge in [-0.15, -0.1) is 0 Å². The zero-order chi connectivity index (χ0) is 28.4. The van der Waals surface area contributed by atoms with Gasteiger partial charge in [-0.2, -0.15) is 5.26 Å². The number of quaternary nitrogens is 1. The van der Waals surface area contributed by atoms with Crippen molar-refractivity contribution in [3.05, 3.63) is 93.8 Å². The highest BCUT2D eigenvalue weighted by molar-refractivity contribution is 6.36. The van der Waals surface area contributed by atoms with Gasteiger partial charge < -0.3 is 26.6 Å². The van der Waals surface area contributed by atoms with Crippen molar-refractivity contribution >= 4 is 57.5 Å². The highest BCUT2D eigenvalue weighted by atomic mass is 35.5. The molecule has 3 aromatic rings. The van der Waals surface area contributed by atoms with E-state index in [0.29, 0.717) is 45.1 Å². The van der Waals surface area contributed by atoms with Crippen LogP contribution in [0, 0.1) is 17.1 Å². The minimum Gasteiger partial charge on any atom is -0.384 e. The van der Waals surface area contributed by atoms with Crippen LogP contribution in [0.5, 0.6) is 0 Å². The molecule has 0 fully saturated rings. The summed E-state index contributed by atoms with van der Waals surface area (Å²) in [5.41, 5.74) is 8.83. The molecule has 2 aliphatic rings. The molecule has 0 bridgehead atoms. The number of aliphatic imine (C=N–C) groups is 1. The molecule has 0 spiro atoms. The molecule has 2 atom stereocenters. The Bertz CT molecular complexity index is 1620. The van der Waals surface area contributed by atoms with Crippen molar-refractivity contribution in [3.8, 4) is 6.07 Å². The molecule has 2 aliphatic heterocycles. The van der Waals surface area contributed by atoms with Gasteiger partial charge in [-0.25, -0.2) is 4.39 Å². The Morgan fingerprint density at radius 3 is 2.77 bits per heavy atom. The van der Waals surface area contributed by atoms with Crippen LogP contribution in [0.3, 0.4) is 0 Å². The number of nitrogens with one attached hydrogen (secondary N) is 3. The summed E-state index contributed by atoms with van der Waals surface area (Å²) in [6.45, 7) is 4.77. The smallest absolute Gasteiger partial charge is 0.147 e. The van der Waals surface area contributed by atoms with Gasteiger partial charge in [0.1, 0.15) is 23.6 Å². The fraction of sp³-hybridized carbons (Fsp3) is 0.207. The van der Waals surface area contributed by atoms with Crippen LogP contribution in [0.2, 0.25) is 10.0 Å². The lowest BCUT2D eigenvalue weighted by Gasteiger charge is -2.31. The molecule has 0 aliphatic carbocycles. The molecule has 5 rings (SSSR count). The van der Waals surface area contributed by atoms with Gasteiger partial charge in [0, 0.05) is 35.2 Å². The number of aromatic nitrogens is 1. The maximum Gasteiger partial charge on any atom is 0.147 e. The van der Waals surface area contributed by atoms with Crippen LogP contribution in [0.1, 0.15) is 19.4 Å². The molecular weight excluding hydrogens is 550 g/mol. The summed E-state index contributed by atoms with van der Waals surface area (Å²) in [5, 5.41) is 21.0. The molecular formula is C29H28Cl2FN8+. The molecule has 2 aromatic carbocycles. The molecule has 6 N–H and O–H groups in total. The van der Waals surface area contributed by atoms with E-state index in [4.69, 9.17) is 23.2 Å². The van der Waals surface area contributed by atoms with E-state index in [-0.39, 0.29) is 23.1 Å². The van der Waals surface area contributed by atoms with Crippen molar-refractivity contribution in [2.75, 3.05) is 17.2 Å². The first-order chi connectivity index (χ1) is 19.2. The summed E-state index contributed by atoms with van der Waals surface area (Å²) in [5.74, 6) is -0.532. The van der Waals surface area contributed by atoms with Crippen LogP contribution in [0.4, 0.5) is 21.5 Å². The summed E-state index contributed by atoms with van der Waals surface area (Å²) in [6, 6.07) is 10.2. The fourth-order valence-corrected chi connectivity index (χ4v) is 5.13. The number of allylic oxidation sites excluding steroid dienone is 2. The topological polar surface area (TPSA) is 116 Å². The van der Waals surface area contributed by atoms with Crippen LogP contribution < -0.4 is 21.7 Å². The van der Waals surface area contributed by atoms with E-state index in [1.807, 2.05) is 30.9 Å². The quantitative estimate of drug-likeness (QED) is 0.288. The largest absolute Gasteiger partial charge is 0.384 e. The molecule has 0 saturated heterocycles. The maximum atomic E-state index is 13.8. The first kappa shape index (κ1) is 27.5. The van der Waals surface area contributed by atoms with Gasteiger partial charge >= 0.3 is 0 Å². The lowest BCUT2D eigenvalue weighted by molar-refractivity contribution is -0.307. The van der Waals surface area contributed by atoms with Crippen molar-refractivity contribution in [2.45, 2.75) is 32.0 Å². The summed E-state index contributed by atoms with van der Waals surface area (Å²) in [7, 11) is 0. The van der Waals surface area contributed by atoms with Gasteiger partial charge in [-0.05, 0) is 55.8 Å². The lowest BCUT2D eigenvalue weighted by Crippen LogP contribution is -2.57. The lowest BCUT2D eigenvalue weighted by atomic mass is 9.93. The van der Waals surface area contributed by atoms with E-state index in [1.54, 1.807) is 12.1 Å². The fourth-order valence-electron chi connectivity index (χ4n) is 4.68. The van der Waals surface area contributed by atoms with Gasteiger partial charge in [0.05, 0.1) is 51.9 Å². The second kappa shape index (κ2) is 11.6. The number of rotatable bonds is 8. The normalized spacial score (nSPS) is 17.1. The predicted octanol–water partition coefficient (Wildman–Crippen LogP) is 5.32. The zero-order valence-corrected chi connectivity index (χ0v) is 23.4. The highest BCUT2D eigenvalue weighted by Crippen LogP contribution is 2.36. The molecule has 11 heteroatoms. The predicted molar refractivity (Wildman–Crippen MR) is 159 cm³/mol. The zero-order valence-electron chi connectivity index (χ0n) is 21.9. The minimum absolute atomic E-state index is 0.0328. The van der Waals surface area contributed by atoms with Gasteiger partial charge in [0.15, 0.2) is 0 Å². The number of fused-ring (bicyclic) bond motifs is 2. The van der Waals surface area contributed by atoms with E-state index < -0.39 is 5.82 Å². The number of halogens is 3. The Labute approximate surface area is 241 Å². The van der Waals surface area contributed by atoms with Crippen LogP contribution in [-0.2, 0) is 0 Å². The molecule has 40 heavy (non-hydrogen) atoms. The maximum absolute atomic E-state index is 13.8.